The van der Waals surface area contributed by atoms with Crippen LogP contribution in [0.15, 0.2) is 40.9 Å². The van der Waals surface area contributed by atoms with E-state index in [1.54, 1.807) is 14.2 Å². The third kappa shape index (κ3) is 7.29. The minimum Gasteiger partial charge on any atom is -0.497 e. The molecule has 1 N–H and O–H groups in total. The Morgan fingerprint density at radius 3 is 2.45 bits per heavy atom. The average molecular weight is 656 g/mol. The molecular formula is C33H47BrN4O3Si. The first-order chi connectivity index (χ1) is 20.0. The molecule has 4 aromatic rings. The number of nitrogens with one attached hydrogen (secondary N) is 1. The number of aromatic nitrogens is 3. The maximum atomic E-state index is 6.48. The van der Waals surface area contributed by atoms with Gasteiger partial charge in [-0.1, -0.05) is 50.0 Å². The fourth-order valence-corrected chi connectivity index (χ4v) is 6.34. The summed E-state index contributed by atoms with van der Waals surface area (Å²) in [5.74, 6) is 3.45. The van der Waals surface area contributed by atoms with Crippen molar-refractivity contribution < 1.29 is 13.9 Å². The molecule has 0 atom stereocenters. The van der Waals surface area contributed by atoms with Gasteiger partial charge in [-0.05, 0) is 67.7 Å². The molecule has 0 amide bonds. The highest BCUT2D eigenvalue weighted by molar-refractivity contribution is 9.10. The van der Waals surface area contributed by atoms with Gasteiger partial charge >= 0.3 is 0 Å². The lowest BCUT2D eigenvalue weighted by Crippen LogP contribution is -2.40. The van der Waals surface area contributed by atoms with Crippen LogP contribution in [-0.4, -0.2) is 43.7 Å². The van der Waals surface area contributed by atoms with Gasteiger partial charge in [0.2, 0.25) is 0 Å². The molecule has 0 spiro atoms. The van der Waals surface area contributed by atoms with E-state index in [0.717, 1.165) is 100 Å². The molecule has 0 saturated carbocycles. The van der Waals surface area contributed by atoms with Crippen LogP contribution in [0.3, 0.4) is 0 Å². The predicted molar refractivity (Wildman–Crippen MR) is 181 cm³/mol. The van der Waals surface area contributed by atoms with Crippen LogP contribution in [0, 0.1) is 0 Å². The minimum absolute atomic E-state index is 0.222. The number of nitrogens with zero attached hydrogens (tertiary/aromatic N) is 3. The van der Waals surface area contributed by atoms with Crippen molar-refractivity contribution in [1.29, 1.82) is 0 Å². The highest BCUT2D eigenvalue weighted by atomic mass is 79.9. The van der Waals surface area contributed by atoms with Gasteiger partial charge in [-0.25, -0.2) is 9.97 Å². The lowest BCUT2D eigenvalue weighted by atomic mass is 10.1. The smallest absolute Gasteiger partial charge is 0.191 e. The zero-order valence-corrected chi connectivity index (χ0v) is 29.2. The summed E-state index contributed by atoms with van der Waals surface area (Å²) in [7, 11) is 1.59. The van der Waals surface area contributed by atoms with Crippen LogP contribution in [0.25, 0.3) is 21.9 Å². The first kappa shape index (κ1) is 32.3. The highest BCUT2D eigenvalue weighted by Crippen LogP contribution is 2.37. The molecule has 7 nitrogen and oxygen atoms in total. The Balaban J connectivity index is 1.68. The zero-order chi connectivity index (χ0) is 30.5. The molecule has 0 bridgehead atoms. The van der Waals surface area contributed by atoms with Gasteiger partial charge in [0.25, 0.3) is 0 Å². The Hall–Kier alpha value is -2.62. The van der Waals surface area contributed by atoms with Crippen LogP contribution < -0.4 is 14.8 Å². The van der Waals surface area contributed by atoms with E-state index >= 15 is 0 Å². The van der Waals surface area contributed by atoms with Gasteiger partial charge in [0.05, 0.1) is 25.3 Å². The maximum absolute atomic E-state index is 6.48. The zero-order valence-electron chi connectivity index (χ0n) is 26.6. The van der Waals surface area contributed by atoms with E-state index in [0.29, 0.717) is 6.54 Å². The molecule has 0 radical (unpaired) electrons. The Morgan fingerprint density at radius 2 is 1.76 bits per heavy atom. The molecular weight excluding hydrogens is 608 g/mol. The summed E-state index contributed by atoms with van der Waals surface area (Å²) in [4.78, 5) is 10.3. The SMILES string of the molecule is CCCCc1nc2c(NCc3ccc(OC)cc3OC)nc3ccc(Br)cc3c2n1CCCCO[Si](C)(C)C(C)(C)C. The number of aryl methyl sites for hydroxylation is 2. The normalized spacial score (nSPS) is 12.3. The van der Waals surface area contributed by atoms with E-state index < -0.39 is 8.32 Å². The molecule has 0 fully saturated rings. The van der Waals surface area contributed by atoms with E-state index in [9.17, 15) is 0 Å². The van der Waals surface area contributed by atoms with Gasteiger partial charge in [0.1, 0.15) is 22.8 Å². The van der Waals surface area contributed by atoms with Crippen molar-refractivity contribution in [3.8, 4) is 11.5 Å². The second-order valence-electron chi connectivity index (χ2n) is 12.4. The van der Waals surface area contributed by atoms with E-state index in [-0.39, 0.29) is 5.04 Å². The molecule has 42 heavy (non-hydrogen) atoms. The van der Waals surface area contributed by atoms with Crippen molar-refractivity contribution in [2.75, 3.05) is 26.1 Å². The number of unbranched alkanes of at least 4 members (excludes halogenated alkanes) is 2. The van der Waals surface area contributed by atoms with Crippen molar-refractivity contribution in [2.45, 2.75) is 91.0 Å². The Labute approximate surface area is 260 Å². The second kappa shape index (κ2) is 13.8. The van der Waals surface area contributed by atoms with Gasteiger partial charge in [-0.2, -0.15) is 0 Å². The number of hydrogen-bond donors (Lipinski definition) is 1. The first-order valence-corrected chi connectivity index (χ1v) is 18.8. The lowest BCUT2D eigenvalue weighted by molar-refractivity contribution is 0.276. The molecule has 4 rings (SSSR count). The number of imidazole rings is 1. The van der Waals surface area contributed by atoms with Crippen LogP contribution in [0.4, 0.5) is 5.82 Å². The van der Waals surface area contributed by atoms with Crippen molar-refractivity contribution >= 4 is 52.0 Å². The van der Waals surface area contributed by atoms with E-state index in [1.165, 1.54) is 0 Å². The lowest BCUT2D eigenvalue weighted by Gasteiger charge is -2.36. The fourth-order valence-electron chi connectivity index (χ4n) is 4.89. The van der Waals surface area contributed by atoms with E-state index in [4.69, 9.17) is 23.9 Å². The number of methoxy groups -OCH3 is 2. The highest BCUT2D eigenvalue weighted by Gasteiger charge is 2.36. The van der Waals surface area contributed by atoms with Gasteiger partial charge in [-0.15, -0.1) is 0 Å². The van der Waals surface area contributed by atoms with Gasteiger partial charge in [-0.3, -0.25) is 0 Å². The molecule has 0 aliphatic carbocycles. The molecule has 0 unspecified atom stereocenters. The van der Waals surface area contributed by atoms with Crippen LogP contribution in [0.1, 0.15) is 64.8 Å². The summed E-state index contributed by atoms with van der Waals surface area (Å²) < 4.78 is 21.0. The third-order valence-electron chi connectivity index (χ3n) is 8.46. The monoisotopic (exact) mass is 654 g/mol. The maximum Gasteiger partial charge on any atom is 0.191 e. The molecule has 0 aliphatic heterocycles. The number of halogens is 1. The van der Waals surface area contributed by atoms with Crippen LogP contribution in [-0.2, 0) is 23.9 Å². The largest absolute Gasteiger partial charge is 0.497 e. The summed E-state index contributed by atoms with van der Waals surface area (Å²) in [5, 5.41) is 4.92. The summed E-state index contributed by atoms with van der Waals surface area (Å²) >= 11 is 3.70. The summed E-state index contributed by atoms with van der Waals surface area (Å²) in [6.45, 7) is 16.0. The molecule has 2 aromatic heterocycles. The number of benzene rings is 2. The number of fused-ring (bicyclic) bond motifs is 3. The summed E-state index contributed by atoms with van der Waals surface area (Å²) in [6, 6.07) is 12.2. The Morgan fingerprint density at radius 1 is 0.976 bits per heavy atom. The molecule has 2 heterocycles. The minimum atomic E-state index is -1.75. The van der Waals surface area contributed by atoms with Crippen molar-refractivity contribution in [1.82, 2.24) is 14.5 Å². The number of hydrogen-bond acceptors (Lipinski definition) is 6. The van der Waals surface area contributed by atoms with Gasteiger partial charge in [0, 0.05) is 47.6 Å². The Kier molecular flexibility index (Phi) is 10.6. The van der Waals surface area contributed by atoms with Gasteiger partial charge in [0.15, 0.2) is 14.1 Å². The quantitative estimate of drug-likeness (QED) is 0.108. The third-order valence-corrected chi connectivity index (χ3v) is 13.5. The number of rotatable bonds is 14. The van der Waals surface area contributed by atoms with E-state index in [1.807, 2.05) is 24.3 Å². The topological polar surface area (TPSA) is 70.4 Å². The molecule has 0 saturated heterocycles. The molecule has 9 heteroatoms. The summed E-state index contributed by atoms with van der Waals surface area (Å²) in [5.41, 5.74) is 4.02. The number of anilines is 1. The molecule has 228 valence electrons. The predicted octanol–water partition coefficient (Wildman–Crippen LogP) is 9.12. The molecule has 2 aromatic carbocycles. The first-order valence-electron chi connectivity index (χ1n) is 15.1. The summed E-state index contributed by atoms with van der Waals surface area (Å²) in [6.07, 6.45) is 5.21. The van der Waals surface area contributed by atoms with Crippen LogP contribution >= 0.6 is 15.9 Å². The standard InChI is InChI=1S/C33H47BrN4O3Si/c1-9-10-13-29-37-30-31(38(29)18-11-12-19-41-42(7,8)33(2,3)4)26-20-24(34)15-17-27(26)36-32(30)35-22-23-14-16-25(39-5)21-28(23)40-6/h14-17,20-21H,9-13,18-19,22H2,1-8H3,(H,35,36). The van der Waals surface area contributed by atoms with Crippen LogP contribution in [0.5, 0.6) is 11.5 Å². The van der Waals surface area contributed by atoms with E-state index in [2.05, 4.69) is 78.7 Å². The number of ether oxygens (including phenoxy) is 2. The van der Waals surface area contributed by atoms with Crippen molar-refractivity contribution in [2.24, 2.45) is 0 Å². The van der Waals surface area contributed by atoms with Crippen molar-refractivity contribution in [3.63, 3.8) is 0 Å². The molecule has 0 aliphatic rings. The average Bonchev–Trinajstić information content (AvgIpc) is 3.32. The van der Waals surface area contributed by atoms with Crippen LogP contribution in [0.2, 0.25) is 18.1 Å². The Bertz CT molecular complexity index is 1510. The van der Waals surface area contributed by atoms with Gasteiger partial charge < -0.3 is 23.8 Å². The number of pyridine rings is 1. The van der Waals surface area contributed by atoms with Crippen molar-refractivity contribution in [3.05, 3.63) is 52.3 Å². The second-order valence-corrected chi connectivity index (χ2v) is 18.2. The fraction of sp³-hybridized carbons (Fsp3) is 0.515.